The van der Waals surface area contributed by atoms with Crippen molar-refractivity contribution in [3.63, 3.8) is 0 Å². The van der Waals surface area contributed by atoms with Crippen LogP contribution in [0.5, 0.6) is 5.75 Å². The molecule has 0 aromatic heterocycles. The van der Waals surface area contributed by atoms with Gasteiger partial charge in [-0.25, -0.2) is 4.79 Å². The molecule has 29 nitrogen and oxygen atoms in total. The third-order valence-electron chi connectivity index (χ3n) is 12.8. The number of aliphatic hydroxyl groups is 3. The Labute approximate surface area is 477 Å². The standard InChI is InChI=1S/C53H88N12O17/c1-11-28(8)42(65-49(77)36(20-27(6)7)59-45(73)33(54)18-25(2)3)52(80)61-37(21-31-12-14-32(69)15-13-31)47(75)57-29(9)43(71)56-30(10)44(72)62-38(22-66)51(79)63-39(23-67)50(78)60-35(19-26(4)5)48(76)58-34(16-17-41(55)70)46(74)64-40(24-68)53(81)82/h12-15,25-30,33-40,42,66-69H,11,16-24,54H2,1-10H3,(H2,55,70)(H,56,71)(H,57,75)(H,58,76)(H,59,73)(H,60,78)(H,61,80)(H,62,72)(H,63,79)(H,64,74)(H,65,77)(H,81,82)/t28-,29-,30-,33-,34-,35-,36-,37-,38-,39-,40-,42-/m0/s1. The molecule has 19 N–H and O–H groups in total. The van der Waals surface area contributed by atoms with Gasteiger partial charge in [-0.1, -0.05) is 73.9 Å². The highest BCUT2D eigenvalue weighted by Gasteiger charge is 2.36. The summed E-state index contributed by atoms with van der Waals surface area (Å²) >= 11 is 0. The number of carbonyl (C=O) groups excluding carboxylic acids is 11. The summed E-state index contributed by atoms with van der Waals surface area (Å²) in [4.78, 5) is 158. The Morgan fingerprint density at radius 2 is 0.817 bits per heavy atom. The average Bonchev–Trinajstić information content (AvgIpc) is 3.40. The van der Waals surface area contributed by atoms with E-state index in [4.69, 9.17) is 11.5 Å². The zero-order valence-electron chi connectivity index (χ0n) is 48.3. The van der Waals surface area contributed by atoms with Gasteiger partial charge in [-0.05, 0) is 80.9 Å². The van der Waals surface area contributed by atoms with Crippen LogP contribution in [0.4, 0.5) is 0 Å². The van der Waals surface area contributed by atoms with Crippen LogP contribution in [0.1, 0.15) is 113 Å². The van der Waals surface area contributed by atoms with Crippen LogP contribution in [-0.2, 0) is 64.0 Å². The van der Waals surface area contributed by atoms with Crippen molar-refractivity contribution in [2.24, 2.45) is 35.1 Å². The van der Waals surface area contributed by atoms with Crippen molar-refractivity contribution in [1.29, 1.82) is 0 Å². The lowest BCUT2D eigenvalue weighted by atomic mass is 9.95. The molecule has 0 aliphatic rings. The summed E-state index contributed by atoms with van der Waals surface area (Å²) in [5.74, 6) is -12.6. The molecule has 1 aromatic rings. The van der Waals surface area contributed by atoms with Gasteiger partial charge in [0, 0.05) is 12.8 Å². The van der Waals surface area contributed by atoms with Gasteiger partial charge >= 0.3 is 5.97 Å². The third-order valence-corrected chi connectivity index (χ3v) is 12.8. The number of phenols is 1. The number of aliphatic hydroxyl groups excluding tert-OH is 3. The number of rotatable bonds is 37. The van der Waals surface area contributed by atoms with Crippen molar-refractivity contribution in [2.75, 3.05) is 19.8 Å². The Bertz CT molecular complexity index is 2340. The topological polar surface area (TPSA) is 478 Å². The average molecular weight is 1170 g/mol. The fourth-order valence-electron chi connectivity index (χ4n) is 7.89. The predicted molar refractivity (Wildman–Crippen MR) is 296 cm³/mol. The van der Waals surface area contributed by atoms with Crippen molar-refractivity contribution in [3.05, 3.63) is 29.8 Å². The highest BCUT2D eigenvalue weighted by molar-refractivity contribution is 5.99. The van der Waals surface area contributed by atoms with E-state index in [-0.39, 0.29) is 42.8 Å². The maximum atomic E-state index is 14.2. The van der Waals surface area contributed by atoms with Crippen LogP contribution in [0, 0.1) is 23.7 Å². The zero-order valence-corrected chi connectivity index (χ0v) is 48.3. The van der Waals surface area contributed by atoms with Crippen LogP contribution in [-0.4, -0.2) is 183 Å². The lowest BCUT2D eigenvalue weighted by Gasteiger charge is -2.29. The minimum absolute atomic E-state index is 0.0596. The van der Waals surface area contributed by atoms with Crippen LogP contribution in [0.3, 0.4) is 0 Å². The van der Waals surface area contributed by atoms with Gasteiger partial charge in [-0.15, -0.1) is 0 Å². The number of nitrogens with two attached hydrogens (primary N) is 2. The van der Waals surface area contributed by atoms with Gasteiger partial charge in [-0.3, -0.25) is 52.7 Å². The zero-order chi connectivity index (χ0) is 62.7. The summed E-state index contributed by atoms with van der Waals surface area (Å²) in [5, 5.41) is 72.8. The number of carboxylic acids is 1. The lowest BCUT2D eigenvalue weighted by molar-refractivity contribution is -0.143. The van der Waals surface area contributed by atoms with Gasteiger partial charge in [0.25, 0.3) is 0 Å². The monoisotopic (exact) mass is 1160 g/mol. The number of aliphatic carboxylic acids is 1. The smallest absolute Gasteiger partial charge is 0.328 e. The van der Waals surface area contributed by atoms with Gasteiger partial charge in [0.05, 0.1) is 25.9 Å². The number of phenolic OH excluding ortho intramolecular Hbond substituents is 1. The first-order valence-corrected chi connectivity index (χ1v) is 27.2. The van der Waals surface area contributed by atoms with Crippen molar-refractivity contribution in [3.8, 4) is 5.75 Å². The maximum Gasteiger partial charge on any atom is 0.328 e. The Hall–Kier alpha value is -7.50. The van der Waals surface area contributed by atoms with E-state index in [2.05, 4.69) is 47.9 Å². The first kappa shape index (κ1) is 72.5. The molecule has 29 heteroatoms. The van der Waals surface area contributed by atoms with Gasteiger partial charge in [-0.2, -0.15) is 0 Å². The third kappa shape index (κ3) is 26.0. The van der Waals surface area contributed by atoms with Crippen molar-refractivity contribution < 1.29 is 83.1 Å². The van der Waals surface area contributed by atoms with E-state index in [1.165, 1.54) is 38.1 Å². The fourth-order valence-corrected chi connectivity index (χ4v) is 7.89. The molecule has 0 fully saturated rings. The first-order chi connectivity index (χ1) is 38.3. The van der Waals surface area contributed by atoms with Crippen LogP contribution in [0.2, 0.25) is 0 Å². The molecule has 0 heterocycles. The van der Waals surface area contributed by atoms with Crippen LogP contribution < -0.4 is 64.6 Å². The number of primary amides is 1. The van der Waals surface area contributed by atoms with E-state index >= 15 is 0 Å². The summed E-state index contributed by atoms with van der Waals surface area (Å²) in [6.07, 6.45) is -0.154. The normalized spacial score (nSPS) is 15.7. The van der Waals surface area contributed by atoms with Gasteiger partial charge in [0.15, 0.2) is 0 Å². The molecular weight excluding hydrogens is 1080 g/mol. The Morgan fingerprint density at radius 3 is 1.27 bits per heavy atom. The van der Waals surface area contributed by atoms with Crippen LogP contribution >= 0.6 is 0 Å². The number of benzene rings is 1. The minimum atomic E-state index is -1.82. The van der Waals surface area contributed by atoms with E-state index in [1.54, 1.807) is 27.7 Å². The molecule has 82 heavy (non-hydrogen) atoms. The first-order valence-electron chi connectivity index (χ1n) is 27.2. The lowest BCUT2D eigenvalue weighted by Crippen LogP contribution is -2.61. The molecule has 0 saturated carbocycles. The summed E-state index contributed by atoms with van der Waals surface area (Å²) in [7, 11) is 0. The number of carbonyl (C=O) groups is 12. The molecule has 0 aliphatic carbocycles. The molecule has 0 saturated heterocycles. The molecule has 0 unspecified atom stereocenters. The second-order valence-electron chi connectivity index (χ2n) is 21.5. The van der Waals surface area contributed by atoms with Gasteiger partial charge in [0.1, 0.15) is 66.2 Å². The molecule has 0 spiro atoms. The van der Waals surface area contributed by atoms with Gasteiger partial charge < -0.3 is 90.2 Å². The number of nitrogens with one attached hydrogen (secondary N) is 10. The number of hydrogen-bond acceptors (Lipinski definition) is 17. The van der Waals surface area contributed by atoms with E-state index in [0.29, 0.717) is 18.4 Å². The molecule has 0 radical (unpaired) electrons. The quantitative estimate of drug-likeness (QED) is 0.0299. The molecule has 0 bridgehead atoms. The molecule has 12 atom stereocenters. The second kappa shape index (κ2) is 36.1. The summed E-state index contributed by atoms with van der Waals surface area (Å²) in [6.45, 7) is 13.6. The highest BCUT2D eigenvalue weighted by atomic mass is 16.4. The molecule has 0 aliphatic heterocycles. The van der Waals surface area contributed by atoms with E-state index < -0.39 is 176 Å². The van der Waals surface area contributed by atoms with Crippen molar-refractivity contribution in [2.45, 2.75) is 181 Å². The van der Waals surface area contributed by atoms with E-state index in [1.807, 2.05) is 33.0 Å². The van der Waals surface area contributed by atoms with E-state index in [9.17, 15) is 83.1 Å². The van der Waals surface area contributed by atoms with Crippen LogP contribution in [0.15, 0.2) is 24.3 Å². The summed E-state index contributed by atoms with van der Waals surface area (Å²) in [6, 6.07) is -10.2. The van der Waals surface area contributed by atoms with Crippen molar-refractivity contribution in [1.82, 2.24) is 53.2 Å². The molecule has 1 rings (SSSR count). The molecule has 462 valence electrons. The number of carboxylic acid groups (broad SMARTS) is 1. The molecule has 11 amide bonds. The molecular formula is C53H88N12O17. The molecule has 1 aromatic carbocycles. The van der Waals surface area contributed by atoms with Gasteiger partial charge in [0.2, 0.25) is 65.0 Å². The fraction of sp³-hybridized carbons (Fsp3) is 0.660. The number of aromatic hydroxyl groups is 1. The number of amides is 11. The maximum absolute atomic E-state index is 14.2. The predicted octanol–water partition coefficient (Wildman–Crippen LogP) is -4.34. The van der Waals surface area contributed by atoms with Crippen molar-refractivity contribution >= 4 is 70.9 Å². The summed E-state index contributed by atoms with van der Waals surface area (Å²) < 4.78 is 0. The largest absolute Gasteiger partial charge is 0.508 e. The number of hydrogen-bond donors (Lipinski definition) is 17. The summed E-state index contributed by atoms with van der Waals surface area (Å²) in [5.41, 5.74) is 11.8. The Kier molecular flexibility index (Phi) is 31.9. The highest BCUT2D eigenvalue weighted by Crippen LogP contribution is 2.16. The second-order valence-corrected chi connectivity index (χ2v) is 21.5. The van der Waals surface area contributed by atoms with E-state index in [0.717, 1.165) is 0 Å². The minimum Gasteiger partial charge on any atom is -0.508 e. The SMILES string of the molecule is CC[C@H](C)[C@H](NC(=O)[C@H](CC(C)C)NC(=O)[C@@H](N)CC(C)C)C(=O)N[C@@H](Cc1ccc(O)cc1)C(=O)N[C@@H](C)C(=O)N[C@@H](C)C(=O)N[C@@H](CO)C(=O)N[C@@H](CO)C(=O)N[C@@H](CC(C)C)C(=O)N[C@@H](CCC(N)=O)C(=O)N[C@@H](CO)C(=O)O. The Morgan fingerprint density at radius 1 is 0.451 bits per heavy atom. The van der Waals surface area contributed by atoms with Crippen LogP contribution in [0.25, 0.3) is 0 Å². The Balaban J connectivity index is 3.24.